The summed E-state index contributed by atoms with van der Waals surface area (Å²) in [5.74, 6) is 1.10. The summed E-state index contributed by atoms with van der Waals surface area (Å²) < 4.78 is 1.71. The van der Waals surface area contributed by atoms with Crippen molar-refractivity contribution in [2.24, 2.45) is 11.8 Å². The lowest BCUT2D eigenvalue weighted by Crippen LogP contribution is -2.19. The van der Waals surface area contributed by atoms with Crippen molar-refractivity contribution in [3.05, 3.63) is 0 Å². The summed E-state index contributed by atoms with van der Waals surface area (Å²) in [4.78, 5) is 8.02. The minimum absolute atomic E-state index is 0.124. The molecule has 19 heavy (non-hydrogen) atoms. The second-order valence-corrected chi connectivity index (χ2v) is 5.04. The zero-order valence-corrected chi connectivity index (χ0v) is 10.5. The molecule has 0 radical (unpaired) electrons. The fraction of sp³-hybridized carbons (Fsp3) is 0.636. The van der Waals surface area contributed by atoms with Gasteiger partial charge in [-0.1, -0.05) is 11.6 Å². The number of hydrogen-bond donors (Lipinski definition) is 3. The van der Waals surface area contributed by atoms with Crippen molar-refractivity contribution in [1.82, 2.24) is 25.0 Å². The van der Waals surface area contributed by atoms with Gasteiger partial charge in [-0.25, -0.2) is 4.68 Å². The third-order valence-electron chi connectivity index (χ3n) is 3.87. The number of nitrogen functional groups attached to an aromatic ring is 2. The molecular weight excluding hydrogens is 246 g/mol. The van der Waals surface area contributed by atoms with Crippen molar-refractivity contribution >= 4 is 22.9 Å². The third-order valence-corrected chi connectivity index (χ3v) is 3.87. The lowest BCUT2D eigenvalue weighted by atomic mass is 9.97. The molecule has 0 unspecified atom stereocenters. The Morgan fingerprint density at radius 3 is 2.79 bits per heavy atom. The first-order valence-corrected chi connectivity index (χ1v) is 6.42. The summed E-state index contributed by atoms with van der Waals surface area (Å²) in [7, 11) is 0. The van der Waals surface area contributed by atoms with Gasteiger partial charge in [0.05, 0.1) is 0 Å². The van der Waals surface area contributed by atoms with E-state index in [4.69, 9.17) is 11.5 Å². The Morgan fingerprint density at radius 2 is 2.00 bits per heavy atom. The van der Waals surface area contributed by atoms with Crippen molar-refractivity contribution in [2.75, 3.05) is 18.1 Å². The quantitative estimate of drug-likeness (QED) is 0.699. The molecule has 8 nitrogen and oxygen atoms in total. The average molecular weight is 263 g/mol. The van der Waals surface area contributed by atoms with Gasteiger partial charge in [0.2, 0.25) is 5.95 Å². The predicted molar refractivity (Wildman–Crippen MR) is 69.9 cm³/mol. The first-order chi connectivity index (χ1) is 9.19. The van der Waals surface area contributed by atoms with E-state index in [1.54, 1.807) is 4.68 Å². The van der Waals surface area contributed by atoms with Gasteiger partial charge in [-0.3, -0.25) is 0 Å². The Labute approximate surface area is 109 Å². The van der Waals surface area contributed by atoms with Crippen molar-refractivity contribution in [3.63, 3.8) is 0 Å². The van der Waals surface area contributed by atoms with Crippen LogP contribution in [-0.2, 0) is 6.54 Å². The van der Waals surface area contributed by atoms with Gasteiger partial charge in [0, 0.05) is 13.2 Å². The Morgan fingerprint density at radius 1 is 1.21 bits per heavy atom. The molecule has 0 saturated heterocycles. The Kier molecular flexibility index (Phi) is 2.94. The molecule has 2 atom stereocenters. The third kappa shape index (κ3) is 2.07. The van der Waals surface area contributed by atoms with Crippen LogP contribution in [0.5, 0.6) is 0 Å². The van der Waals surface area contributed by atoms with E-state index in [1.807, 2.05) is 0 Å². The van der Waals surface area contributed by atoms with Crippen LogP contribution in [0.25, 0.3) is 11.2 Å². The number of rotatable bonds is 3. The van der Waals surface area contributed by atoms with Crippen LogP contribution in [-0.4, -0.2) is 36.7 Å². The van der Waals surface area contributed by atoms with Crippen LogP contribution in [0.4, 0.5) is 11.8 Å². The number of nitrogens with zero attached hydrogens (tertiary/aromatic N) is 5. The average Bonchev–Trinajstić information content (AvgIpc) is 2.97. The van der Waals surface area contributed by atoms with Crippen molar-refractivity contribution < 1.29 is 5.11 Å². The topological polar surface area (TPSA) is 129 Å². The van der Waals surface area contributed by atoms with E-state index in [0.717, 1.165) is 19.3 Å². The lowest BCUT2D eigenvalue weighted by Gasteiger charge is -2.16. The first-order valence-electron chi connectivity index (χ1n) is 6.42. The van der Waals surface area contributed by atoms with Gasteiger partial charge < -0.3 is 16.6 Å². The lowest BCUT2D eigenvalue weighted by molar-refractivity contribution is 0.182. The maximum Gasteiger partial charge on any atom is 0.224 e. The summed E-state index contributed by atoms with van der Waals surface area (Å²) in [6.07, 6.45) is 3.29. The van der Waals surface area contributed by atoms with E-state index in [0.29, 0.717) is 29.5 Å². The van der Waals surface area contributed by atoms with Gasteiger partial charge in [0.25, 0.3) is 0 Å². The number of aliphatic hydroxyl groups is 1. The summed E-state index contributed by atoms with van der Waals surface area (Å²) >= 11 is 0. The highest BCUT2D eigenvalue weighted by atomic mass is 16.3. The second kappa shape index (κ2) is 4.61. The van der Waals surface area contributed by atoms with Crippen LogP contribution in [0.15, 0.2) is 0 Å². The fourth-order valence-corrected chi connectivity index (χ4v) is 2.83. The predicted octanol–water partition coefficient (Wildman–Crippen LogP) is -0.206. The molecule has 0 aromatic carbocycles. The van der Waals surface area contributed by atoms with Gasteiger partial charge in [-0.05, 0) is 24.7 Å². The van der Waals surface area contributed by atoms with Crippen LogP contribution in [0, 0.1) is 11.8 Å². The van der Waals surface area contributed by atoms with Crippen molar-refractivity contribution in [1.29, 1.82) is 0 Å². The summed E-state index contributed by atoms with van der Waals surface area (Å²) in [6.45, 7) is 0.897. The fourth-order valence-electron chi connectivity index (χ4n) is 2.83. The molecule has 0 spiro atoms. The molecule has 1 aliphatic rings. The zero-order valence-electron chi connectivity index (χ0n) is 10.5. The maximum atomic E-state index is 9.36. The number of fused-ring (bicyclic) bond motifs is 1. The van der Waals surface area contributed by atoms with E-state index in [1.165, 1.54) is 0 Å². The molecule has 2 heterocycles. The van der Waals surface area contributed by atoms with Crippen LogP contribution in [0.1, 0.15) is 19.3 Å². The Balaban J connectivity index is 1.93. The molecule has 2 aromatic heterocycles. The molecule has 1 saturated carbocycles. The van der Waals surface area contributed by atoms with Gasteiger partial charge in [0.1, 0.15) is 0 Å². The highest BCUT2D eigenvalue weighted by Gasteiger charge is 2.28. The molecule has 5 N–H and O–H groups in total. The van der Waals surface area contributed by atoms with Crippen LogP contribution in [0.2, 0.25) is 0 Å². The number of aromatic nitrogens is 5. The minimum atomic E-state index is 0.124. The molecule has 3 rings (SSSR count). The molecule has 0 amide bonds. The first kappa shape index (κ1) is 12.1. The number of hydrogen-bond acceptors (Lipinski definition) is 7. The molecule has 0 bridgehead atoms. The highest BCUT2D eigenvalue weighted by molar-refractivity contribution is 5.81. The van der Waals surface area contributed by atoms with E-state index in [2.05, 4.69) is 20.3 Å². The normalized spacial score (nSPS) is 23.2. The number of aliphatic hydroxyl groups excluding tert-OH is 1. The highest BCUT2D eigenvalue weighted by Crippen LogP contribution is 2.32. The van der Waals surface area contributed by atoms with E-state index in [-0.39, 0.29) is 18.4 Å². The monoisotopic (exact) mass is 263 g/mol. The number of anilines is 2. The molecule has 1 aliphatic carbocycles. The summed E-state index contributed by atoms with van der Waals surface area (Å²) in [5, 5.41) is 17.4. The molecule has 8 heteroatoms. The maximum absolute atomic E-state index is 9.36. The zero-order chi connectivity index (χ0) is 13.4. The molecule has 1 fully saturated rings. The van der Waals surface area contributed by atoms with Crippen molar-refractivity contribution in [3.8, 4) is 0 Å². The molecule has 102 valence electrons. The smallest absolute Gasteiger partial charge is 0.224 e. The molecular formula is C11H17N7O. The Bertz CT molecular complexity index is 596. The van der Waals surface area contributed by atoms with Gasteiger partial charge >= 0.3 is 0 Å². The summed E-state index contributed by atoms with van der Waals surface area (Å²) in [5.41, 5.74) is 12.4. The van der Waals surface area contributed by atoms with Crippen molar-refractivity contribution in [2.45, 2.75) is 25.8 Å². The van der Waals surface area contributed by atoms with Gasteiger partial charge in [0.15, 0.2) is 17.0 Å². The number of nitrogens with two attached hydrogens (primary N) is 2. The molecule has 2 aromatic rings. The van der Waals surface area contributed by atoms with Crippen LogP contribution >= 0.6 is 0 Å². The minimum Gasteiger partial charge on any atom is -0.396 e. The SMILES string of the molecule is Nc1nc(N)c2nnn(C[C@@H]3CCC[C@H]3CO)c2n1. The van der Waals surface area contributed by atoms with Crippen LogP contribution in [0.3, 0.4) is 0 Å². The van der Waals surface area contributed by atoms with Gasteiger partial charge in [-0.15, -0.1) is 5.10 Å². The van der Waals surface area contributed by atoms with E-state index in [9.17, 15) is 5.11 Å². The second-order valence-electron chi connectivity index (χ2n) is 5.04. The van der Waals surface area contributed by atoms with Crippen LogP contribution < -0.4 is 11.5 Å². The standard InChI is InChI=1S/C11H17N7O/c12-9-8-10(15-11(13)14-9)18(17-16-8)4-6-2-1-3-7(6)5-19/h6-7,19H,1-5H2,(H4,12,13,14,15)/t6-,7-/m0/s1. The summed E-state index contributed by atoms with van der Waals surface area (Å²) in [6, 6.07) is 0. The largest absolute Gasteiger partial charge is 0.396 e. The molecule has 0 aliphatic heterocycles. The van der Waals surface area contributed by atoms with E-state index >= 15 is 0 Å². The Hall–Kier alpha value is -1.96. The van der Waals surface area contributed by atoms with Gasteiger partial charge in [-0.2, -0.15) is 9.97 Å². The van der Waals surface area contributed by atoms with E-state index < -0.39 is 0 Å².